The summed E-state index contributed by atoms with van der Waals surface area (Å²) in [5.74, 6) is 1.62. The average Bonchev–Trinajstić information content (AvgIpc) is 2.98. The minimum atomic E-state index is -0.364. The van der Waals surface area contributed by atoms with Crippen LogP contribution in [0.3, 0.4) is 0 Å². The number of fused-ring (bicyclic) bond motifs is 1. The summed E-state index contributed by atoms with van der Waals surface area (Å²) >= 11 is 0. The van der Waals surface area contributed by atoms with Crippen molar-refractivity contribution < 1.29 is 9.34 Å². The van der Waals surface area contributed by atoms with E-state index in [2.05, 4.69) is 19.8 Å². The zero-order valence-corrected chi connectivity index (χ0v) is 16.3. The number of nitrogens with zero attached hydrogens (tertiary/aromatic N) is 5. The van der Waals surface area contributed by atoms with Gasteiger partial charge < -0.3 is 9.32 Å². The number of hydrogen-bond acceptors (Lipinski definition) is 7. The Morgan fingerprint density at radius 1 is 1.14 bits per heavy atom. The lowest BCUT2D eigenvalue weighted by Gasteiger charge is -2.36. The van der Waals surface area contributed by atoms with Crippen LogP contribution in [0.25, 0.3) is 10.9 Å². The van der Waals surface area contributed by atoms with E-state index in [1.165, 1.54) is 6.07 Å². The molecule has 0 atom stereocenters. The number of nitro benzene ring substituents is 1. The van der Waals surface area contributed by atoms with Crippen molar-refractivity contribution in [1.29, 1.82) is 0 Å². The summed E-state index contributed by atoms with van der Waals surface area (Å²) in [6, 6.07) is 7.17. The minimum absolute atomic E-state index is 0.0516. The lowest BCUT2D eigenvalue weighted by molar-refractivity contribution is -0.383. The van der Waals surface area contributed by atoms with Crippen LogP contribution in [0.15, 0.2) is 28.7 Å². The van der Waals surface area contributed by atoms with Crippen molar-refractivity contribution in [3.63, 3.8) is 0 Å². The van der Waals surface area contributed by atoms with Gasteiger partial charge in [-0.2, -0.15) is 0 Å². The van der Waals surface area contributed by atoms with Crippen LogP contribution in [-0.4, -0.2) is 46.0 Å². The van der Waals surface area contributed by atoms with E-state index in [0.29, 0.717) is 12.1 Å². The van der Waals surface area contributed by atoms with Crippen LogP contribution in [0.2, 0.25) is 0 Å². The number of nitro groups is 1. The molecule has 0 saturated carbocycles. The number of aromatic nitrogens is 2. The number of hydrogen-bond donors (Lipinski definition) is 0. The van der Waals surface area contributed by atoms with Gasteiger partial charge >= 0.3 is 0 Å². The van der Waals surface area contributed by atoms with Crippen molar-refractivity contribution in [2.24, 2.45) is 0 Å². The van der Waals surface area contributed by atoms with E-state index in [0.717, 1.165) is 60.3 Å². The number of oxazole rings is 1. The number of non-ortho nitro benzene ring substituents is 1. The number of piperazine rings is 1. The molecule has 1 aromatic carbocycles. The molecule has 3 aromatic rings. The van der Waals surface area contributed by atoms with E-state index in [1.807, 2.05) is 32.9 Å². The maximum atomic E-state index is 11.4. The van der Waals surface area contributed by atoms with Gasteiger partial charge in [-0.15, -0.1) is 0 Å². The van der Waals surface area contributed by atoms with E-state index in [9.17, 15) is 10.1 Å². The van der Waals surface area contributed by atoms with Crippen molar-refractivity contribution in [1.82, 2.24) is 14.9 Å². The second-order valence-electron chi connectivity index (χ2n) is 7.23. The van der Waals surface area contributed by atoms with E-state index in [-0.39, 0.29) is 10.6 Å². The summed E-state index contributed by atoms with van der Waals surface area (Å²) in [5.41, 5.74) is 3.24. The first-order chi connectivity index (χ1) is 13.4. The Morgan fingerprint density at radius 2 is 1.89 bits per heavy atom. The van der Waals surface area contributed by atoms with Gasteiger partial charge in [0.25, 0.3) is 5.69 Å². The fourth-order valence-electron chi connectivity index (χ4n) is 3.69. The van der Waals surface area contributed by atoms with Crippen molar-refractivity contribution in [2.75, 3.05) is 31.1 Å². The van der Waals surface area contributed by atoms with Crippen molar-refractivity contribution in [3.8, 4) is 0 Å². The summed E-state index contributed by atoms with van der Waals surface area (Å²) in [5, 5.41) is 12.2. The Kier molecular flexibility index (Phi) is 4.72. The quantitative estimate of drug-likeness (QED) is 0.505. The molecule has 0 bridgehead atoms. The van der Waals surface area contributed by atoms with Crippen LogP contribution in [-0.2, 0) is 6.54 Å². The zero-order chi connectivity index (χ0) is 19.8. The van der Waals surface area contributed by atoms with Gasteiger partial charge in [-0.3, -0.25) is 15.0 Å². The van der Waals surface area contributed by atoms with E-state index in [4.69, 9.17) is 4.42 Å². The van der Waals surface area contributed by atoms with Crippen LogP contribution >= 0.6 is 0 Å². The molecule has 3 heterocycles. The third kappa shape index (κ3) is 3.43. The molecule has 0 radical (unpaired) electrons. The molecule has 0 spiro atoms. The lowest BCUT2D eigenvalue weighted by Crippen LogP contribution is -2.46. The van der Waals surface area contributed by atoms with Crippen LogP contribution in [0.4, 0.5) is 11.4 Å². The lowest BCUT2D eigenvalue weighted by atomic mass is 10.1. The van der Waals surface area contributed by atoms with Crippen LogP contribution in [0.5, 0.6) is 0 Å². The number of benzene rings is 1. The standard InChI is InChI=1S/C20H23N5O3/c1-13-11-18(16-5-4-6-17(25(26)27)20(16)21-13)24-9-7-23(8-10-24)12-19-22-14(2)15(3)28-19/h4-6,11H,7-10,12H2,1-3H3. The Balaban J connectivity index is 1.55. The fraction of sp³-hybridized carbons (Fsp3) is 0.400. The Hall–Kier alpha value is -3.00. The number of rotatable bonds is 4. The highest BCUT2D eigenvalue weighted by Gasteiger charge is 2.23. The molecule has 28 heavy (non-hydrogen) atoms. The first kappa shape index (κ1) is 18.4. The third-order valence-corrected chi connectivity index (χ3v) is 5.27. The van der Waals surface area contributed by atoms with Crippen LogP contribution in [0, 0.1) is 30.9 Å². The molecule has 1 saturated heterocycles. The predicted octanol–water partition coefficient (Wildman–Crippen LogP) is 3.38. The van der Waals surface area contributed by atoms with Crippen molar-refractivity contribution in [3.05, 3.63) is 57.4 Å². The molecule has 0 N–H and O–H groups in total. The Morgan fingerprint density at radius 3 is 2.54 bits per heavy atom. The van der Waals surface area contributed by atoms with E-state index < -0.39 is 0 Å². The highest BCUT2D eigenvalue weighted by atomic mass is 16.6. The van der Waals surface area contributed by atoms with Crippen LogP contribution < -0.4 is 4.90 Å². The van der Waals surface area contributed by atoms with Gasteiger partial charge in [0, 0.05) is 49.0 Å². The molecule has 0 unspecified atom stereocenters. The van der Waals surface area contributed by atoms with Crippen molar-refractivity contribution in [2.45, 2.75) is 27.3 Å². The van der Waals surface area contributed by atoms with Gasteiger partial charge in [-0.25, -0.2) is 9.97 Å². The molecular formula is C20H23N5O3. The normalized spacial score (nSPS) is 15.3. The number of para-hydroxylation sites is 1. The summed E-state index contributed by atoms with van der Waals surface area (Å²) in [7, 11) is 0. The van der Waals surface area contributed by atoms with Crippen molar-refractivity contribution >= 4 is 22.3 Å². The topological polar surface area (TPSA) is 88.5 Å². The number of pyridine rings is 1. The SMILES string of the molecule is Cc1cc(N2CCN(Cc3nc(C)c(C)o3)CC2)c2cccc([N+](=O)[O-])c2n1. The van der Waals surface area contributed by atoms with E-state index in [1.54, 1.807) is 6.07 Å². The maximum Gasteiger partial charge on any atom is 0.295 e. The highest BCUT2D eigenvalue weighted by Crippen LogP contribution is 2.32. The molecule has 8 nitrogen and oxygen atoms in total. The fourth-order valence-corrected chi connectivity index (χ4v) is 3.69. The average molecular weight is 381 g/mol. The summed E-state index contributed by atoms with van der Waals surface area (Å²) in [6.07, 6.45) is 0. The number of anilines is 1. The molecule has 2 aromatic heterocycles. The molecule has 0 aliphatic carbocycles. The van der Waals surface area contributed by atoms with Gasteiger partial charge in [0.1, 0.15) is 5.76 Å². The van der Waals surface area contributed by atoms with Gasteiger partial charge in [-0.05, 0) is 26.8 Å². The summed E-state index contributed by atoms with van der Waals surface area (Å²) < 4.78 is 5.70. The summed E-state index contributed by atoms with van der Waals surface area (Å²) in [4.78, 5) is 24.5. The van der Waals surface area contributed by atoms with Crippen LogP contribution in [0.1, 0.15) is 23.0 Å². The van der Waals surface area contributed by atoms with E-state index >= 15 is 0 Å². The first-order valence-electron chi connectivity index (χ1n) is 9.37. The molecule has 146 valence electrons. The van der Waals surface area contributed by atoms with Gasteiger partial charge in [-0.1, -0.05) is 12.1 Å². The predicted molar refractivity (Wildman–Crippen MR) is 107 cm³/mol. The molecular weight excluding hydrogens is 358 g/mol. The molecule has 4 rings (SSSR count). The molecule has 1 aliphatic rings. The molecule has 1 fully saturated rings. The third-order valence-electron chi connectivity index (χ3n) is 5.27. The molecule has 1 aliphatic heterocycles. The monoisotopic (exact) mass is 381 g/mol. The maximum absolute atomic E-state index is 11.4. The number of aryl methyl sites for hydroxylation is 3. The highest BCUT2D eigenvalue weighted by molar-refractivity contribution is 5.97. The molecule has 8 heteroatoms. The largest absolute Gasteiger partial charge is 0.444 e. The van der Waals surface area contributed by atoms with Gasteiger partial charge in [0.15, 0.2) is 5.52 Å². The second kappa shape index (κ2) is 7.20. The zero-order valence-electron chi connectivity index (χ0n) is 16.3. The Labute approximate surface area is 162 Å². The molecule has 0 amide bonds. The summed E-state index contributed by atoms with van der Waals surface area (Å²) in [6.45, 7) is 9.87. The second-order valence-corrected chi connectivity index (χ2v) is 7.23. The van der Waals surface area contributed by atoms with Gasteiger partial charge in [0.2, 0.25) is 5.89 Å². The first-order valence-corrected chi connectivity index (χ1v) is 9.37. The smallest absolute Gasteiger partial charge is 0.295 e. The van der Waals surface area contributed by atoms with Gasteiger partial charge in [0.05, 0.1) is 17.2 Å². The Bertz CT molecular complexity index is 1020. The minimum Gasteiger partial charge on any atom is -0.444 e.